The summed E-state index contributed by atoms with van der Waals surface area (Å²) in [4.78, 5) is 0. The fourth-order valence-corrected chi connectivity index (χ4v) is 1.99. The van der Waals surface area contributed by atoms with E-state index < -0.39 is 0 Å². The molecule has 0 saturated heterocycles. The summed E-state index contributed by atoms with van der Waals surface area (Å²) in [6, 6.07) is 8.77. The number of halogens is 1. The van der Waals surface area contributed by atoms with Crippen LogP contribution in [0.5, 0.6) is 0 Å². The van der Waals surface area contributed by atoms with Gasteiger partial charge in [-0.25, -0.2) is 0 Å². The van der Waals surface area contributed by atoms with E-state index >= 15 is 0 Å². The summed E-state index contributed by atoms with van der Waals surface area (Å²) in [7, 11) is 0. The summed E-state index contributed by atoms with van der Waals surface area (Å²) in [5.74, 6) is 0. The van der Waals surface area contributed by atoms with Gasteiger partial charge in [0.05, 0.1) is 6.61 Å². The molecule has 0 aliphatic carbocycles. The summed E-state index contributed by atoms with van der Waals surface area (Å²) in [5, 5.41) is 3.45. The second-order valence-corrected chi connectivity index (χ2v) is 4.71. The Hall–Kier alpha value is -0.380. The highest BCUT2D eigenvalue weighted by Gasteiger charge is 2.02. The summed E-state index contributed by atoms with van der Waals surface area (Å²) in [5.41, 5.74) is 1.35. The van der Waals surface area contributed by atoms with E-state index in [0.717, 1.165) is 26.2 Å². The molecule has 0 amide bonds. The molecule has 0 saturated carbocycles. The van der Waals surface area contributed by atoms with Crippen molar-refractivity contribution in [2.45, 2.75) is 26.3 Å². The number of nitrogens with one attached hydrogen (secondary N) is 1. The smallest absolute Gasteiger partial charge is 0.0616 e. The molecule has 1 aromatic rings. The molecule has 0 bridgehead atoms. The summed E-state index contributed by atoms with van der Waals surface area (Å²) >= 11 is 3.55. The first-order valence-electron chi connectivity index (χ1n) is 5.78. The zero-order chi connectivity index (χ0) is 11.8. The van der Waals surface area contributed by atoms with Crippen LogP contribution in [0.1, 0.15) is 19.4 Å². The zero-order valence-corrected chi connectivity index (χ0v) is 11.6. The van der Waals surface area contributed by atoms with Gasteiger partial charge in [-0.05, 0) is 38.4 Å². The second kappa shape index (κ2) is 7.82. The number of ether oxygens (including phenoxy) is 1. The Labute approximate surface area is 107 Å². The average molecular weight is 286 g/mol. The molecule has 1 unspecified atom stereocenters. The molecule has 2 nitrogen and oxygen atoms in total. The van der Waals surface area contributed by atoms with E-state index in [4.69, 9.17) is 4.74 Å². The van der Waals surface area contributed by atoms with E-state index in [0.29, 0.717) is 6.04 Å². The molecule has 1 atom stereocenters. The van der Waals surface area contributed by atoms with Crippen LogP contribution in [-0.4, -0.2) is 25.8 Å². The second-order valence-electron chi connectivity index (χ2n) is 3.86. The number of benzene rings is 1. The van der Waals surface area contributed by atoms with Crippen LogP contribution >= 0.6 is 15.9 Å². The molecule has 90 valence electrons. The minimum Gasteiger partial charge on any atom is -0.380 e. The lowest BCUT2D eigenvalue weighted by molar-refractivity contribution is 0.127. The third-order valence-corrected chi connectivity index (χ3v) is 3.19. The van der Waals surface area contributed by atoms with Crippen molar-refractivity contribution in [1.29, 1.82) is 0 Å². The van der Waals surface area contributed by atoms with Crippen molar-refractivity contribution in [2.75, 3.05) is 19.8 Å². The van der Waals surface area contributed by atoms with Crippen molar-refractivity contribution in [1.82, 2.24) is 5.32 Å². The third kappa shape index (κ3) is 5.10. The van der Waals surface area contributed by atoms with E-state index in [1.165, 1.54) is 10.0 Å². The van der Waals surface area contributed by atoms with Gasteiger partial charge in [0.25, 0.3) is 0 Å². The average Bonchev–Trinajstić information content (AvgIpc) is 2.29. The molecule has 0 aliphatic heterocycles. The molecule has 1 N–H and O–H groups in total. The Kier molecular flexibility index (Phi) is 6.69. The summed E-state index contributed by atoms with van der Waals surface area (Å²) in [6.07, 6.45) is 1.04. The lowest BCUT2D eigenvalue weighted by atomic mass is 10.1. The van der Waals surface area contributed by atoms with Gasteiger partial charge in [-0.3, -0.25) is 0 Å². The van der Waals surface area contributed by atoms with Gasteiger partial charge in [-0.15, -0.1) is 0 Å². The number of hydrogen-bond acceptors (Lipinski definition) is 2. The fraction of sp³-hybridized carbons (Fsp3) is 0.538. The minimum atomic E-state index is 0.419. The van der Waals surface area contributed by atoms with E-state index in [2.05, 4.69) is 46.4 Å². The largest absolute Gasteiger partial charge is 0.380 e. The zero-order valence-electron chi connectivity index (χ0n) is 10.0. The van der Waals surface area contributed by atoms with Gasteiger partial charge in [0.2, 0.25) is 0 Å². The molecular formula is C13H20BrNO. The molecule has 16 heavy (non-hydrogen) atoms. The fourth-order valence-electron chi connectivity index (χ4n) is 1.51. The van der Waals surface area contributed by atoms with E-state index in [9.17, 15) is 0 Å². The molecule has 0 fully saturated rings. The van der Waals surface area contributed by atoms with Crippen LogP contribution in [0.25, 0.3) is 0 Å². The maximum atomic E-state index is 5.35. The van der Waals surface area contributed by atoms with Gasteiger partial charge in [0.15, 0.2) is 0 Å². The molecular weight excluding hydrogens is 266 g/mol. The maximum absolute atomic E-state index is 5.35. The highest BCUT2D eigenvalue weighted by molar-refractivity contribution is 9.10. The molecule has 0 aromatic heterocycles. The van der Waals surface area contributed by atoms with Crippen molar-refractivity contribution in [3.05, 3.63) is 34.3 Å². The molecule has 3 heteroatoms. The van der Waals surface area contributed by atoms with Crippen LogP contribution in [0.4, 0.5) is 0 Å². The molecule has 0 radical (unpaired) electrons. The van der Waals surface area contributed by atoms with Crippen molar-refractivity contribution >= 4 is 15.9 Å². The normalized spacial score (nSPS) is 12.7. The third-order valence-electron chi connectivity index (χ3n) is 2.42. The molecule has 1 aromatic carbocycles. The van der Waals surface area contributed by atoms with E-state index in [1.54, 1.807) is 0 Å². The van der Waals surface area contributed by atoms with Crippen LogP contribution in [0.3, 0.4) is 0 Å². The van der Waals surface area contributed by atoms with Crippen molar-refractivity contribution in [2.24, 2.45) is 0 Å². The Morgan fingerprint density at radius 3 is 2.81 bits per heavy atom. The maximum Gasteiger partial charge on any atom is 0.0616 e. The Morgan fingerprint density at radius 2 is 2.12 bits per heavy atom. The highest BCUT2D eigenvalue weighted by Crippen LogP contribution is 2.15. The lowest BCUT2D eigenvalue weighted by Crippen LogP contribution is -2.32. The standard InChI is InChI=1S/C13H20BrNO/c1-3-16-10-11(2)15-9-8-12-6-4-5-7-13(12)14/h4-7,11,15H,3,8-10H2,1-2H3. The first-order chi connectivity index (χ1) is 7.74. The van der Waals surface area contributed by atoms with Gasteiger partial charge in [0.1, 0.15) is 0 Å². The Morgan fingerprint density at radius 1 is 1.38 bits per heavy atom. The first kappa shape index (κ1) is 13.7. The van der Waals surface area contributed by atoms with Gasteiger partial charge in [-0.2, -0.15) is 0 Å². The minimum absolute atomic E-state index is 0.419. The number of hydrogen-bond donors (Lipinski definition) is 1. The predicted octanol–water partition coefficient (Wildman–Crippen LogP) is 3.01. The summed E-state index contributed by atoms with van der Waals surface area (Å²) in [6.45, 7) is 6.73. The van der Waals surface area contributed by atoms with Gasteiger partial charge in [-0.1, -0.05) is 34.1 Å². The van der Waals surface area contributed by atoms with Crippen LogP contribution in [-0.2, 0) is 11.2 Å². The van der Waals surface area contributed by atoms with Crippen molar-refractivity contribution < 1.29 is 4.74 Å². The predicted molar refractivity (Wildman–Crippen MR) is 71.8 cm³/mol. The number of rotatable bonds is 7. The first-order valence-corrected chi connectivity index (χ1v) is 6.58. The summed E-state index contributed by atoms with van der Waals surface area (Å²) < 4.78 is 6.54. The van der Waals surface area contributed by atoms with Crippen molar-refractivity contribution in [3.8, 4) is 0 Å². The molecule has 0 spiro atoms. The van der Waals surface area contributed by atoms with Crippen LogP contribution in [0.2, 0.25) is 0 Å². The Balaban J connectivity index is 2.23. The van der Waals surface area contributed by atoms with Gasteiger partial charge in [0, 0.05) is 17.1 Å². The Bertz CT molecular complexity index is 304. The molecule has 0 aliphatic rings. The van der Waals surface area contributed by atoms with Gasteiger partial charge >= 0.3 is 0 Å². The van der Waals surface area contributed by atoms with Crippen molar-refractivity contribution in [3.63, 3.8) is 0 Å². The molecule has 1 rings (SSSR count). The SMILES string of the molecule is CCOCC(C)NCCc1ccccc1Br. The molecule has 0 heterocycles. The van der Waals surface area contributed by atoms with E-state index in [-0.39, 0.29) is 0 Å². The van der Waals surface area contributed by atoms with Crippen LogP contribution < -0.4 is 5.32 Å². The van der Waals surface area contributed by atoms with E-state index in [1.807, 2.05) is 13.0 Å². The highest BCUT2D eigenvalue weighted by atomic mass is 79.9. The monoisotopic (exact) mass is 285 g/mol. The van der Waals surface area contributed by atoms with Crippen LogP contribution in [0.15, 0.2) is 28.7 Å². The van der Waals surface area contributed by atoms with Gasteiger partial charge < -0.3 is 10.1 Å². The topological polar surface area (TPSA) is 21.3 Å². The lowest BCUT2D eigenvalue weighted by Gasteiger charge is -2.13. The van der Waals surface area contributed by atoms with Crippen LogP contribution in [0, 0.1) is 0 Å². The quantitative estimate of drug-likeness (QED) is 0.832.